The average Bonchev–Trinajstić information content (AvgIpc) is 3.13. The van der Waals surface area contributed by atoms with Crippen LogP contribution >= 0.6 is 0 Å². The highest BCUT2D eigenvalue weighted by atomic mass is 32.2. The van der Waals surface area contributed by atoms with Gasteiger partial charge in [-0.3, -0.25) is 9.69 Å². The molecule has 4 rings (SSSR count). The predicted molar refractivity (Wildman–Crippen MR) is 135 cm³/mol. The summed E-state index contributed by atoms with van der Waals surface area (Å²) < 4.78 is 25.1. The van der Waals surface area contributed by atoms with E-state index < -0.39 is 9.84 Å². The lowest BCUT2D eigenvalue weighted by Crippen LogP contribution is -2.24. The van der Waals surface area contributed by atoms with Gasteiger partial charge in [0.15, 0.2) is 9.84 Å². The molecule has 0 aromatic heterocycles. The van der Waals surface area contributed by atoms with Crippen LogP contribution in [0.15, 0.2) is 83.8 Å². The number of hydrogen-bond acceptors (Lipinski definition) is 4. The molecule has 34 heavy (non-hydrogen) atoms. The molecule has 6 heteroatoms. The molecule has 1 aliphatic heterocycles. The molecule has 0 bridgehead atoms. The summed E-state index contributed by atoms with van der Waals surface area (Å²) in [4.78, 5) is 15.4. The van der Waals surface area contributed by atoms with Crippen molar-refractivity contribution in [1.29, 1.82) is 0 Å². The van der Waals surface area contributed by atoms with Crippen LogP contribution in [0.4, 0.5) is 0 Å². The maximum absolute atomic E-state index is 12.6. The minimum atomic E-state index is -3.41. The smallest absolute Gasteiger partial charge is 0.251 e. The van der Waals surface area contributed by atoms with Crippen LogP contribution in [0.5, 0.6) is 0 Å². The molecule has 0 aliphatic carbocycles. The van der Waals surface area contributed by atoms with Gasteiger partial charge in [0, 0.05) is 18.7 Å². The molecule has 178 valence electrons. The van der Waals surface area contributed by atoms with E-state index in [0.717, 1.165) is 12.1 Å². The number of carbonyl (C=O) groups is 1. The van der Waals surface area contributed by atoms with Crippen molar-refractivity contribution >= 4 is 15.7 Å². The molecule has 1 N–H and O–H groups in total. The number of amides is 1. The van der Waals surface area contributed by atoms with E-state index in [0.29, 0.717) is 22.6 Å². The standard InChI is InChI=1S/C28H32N2O3S/c31-28(26-16-14-25(15-17-26)22-34(32,33)27-8-4-3-5-9-27)29-20-23-10-12-24(13-11-23)21-30-18-6-1-2-7-19-30/h3-5,8-17H,1-2,6-7,18-22H2,(H,29,31). The van der Waals surface area contributed by atoms with Gasteiger partial charge in [-0.2, -0.15) is 0 Å². The molecule has 0 saturated carbocycles. The van der Waals surface area contributed by atoms with Crippen LogP contribution in [0, 0.1) is 0 Å². The van der Waals surface area contributed by atoms with Crippen molar-refractivity contribution in [2.45, 2.75) is 49.4 Å². The van der Waals surface area contributed by atoms with Crippen LogP contribution in [-0.4, -0.2) is 32.3 Å². The first-order chi connectivity index (χ1) is 16.5. The second-order valence-electron chi connectivity index (χ2n) is 8.96. The van der Waals surface area contributed by atoms with Crippen LogP contribution in [-0.2, 0) is 28.7 Å². The van der Waals surface area contributed by atoms with Crippen molar-refractivity contribution in [3.63, 3.8) is 0 Å². The summed E-state index contributed by atoms with van der Waals surface area (Å²) >= 11 is 0. The Morgan fingerprint density at radius 3 is 1.97 bits per heavy atom. The minimum Gasteiger partial charge on any atom is -0.348 e. The van der Waals surface area contributed by atoms with Gasteiger partial charge in [0.05, 0.1) is 10.6 Å². The number of sulfone groups is 1. The Morgan fingerprint density at radius 2 is 1.32 bits per heavy atom. The summed E-state index contributed by atoms with van der Waals surface area (Å²) in [6.45, 7) is 3.79. The summed E-state index contributed by atoms with van der Waals surface area (Å²) in [5.74, 6) is -0.269. The average molecular weight is 477 g/mol. The van der Waals surface area contributed by atoms with Crippen molar-refractivity contribution < 1.29 is 13.2 Å². The van der Waals surface area contributed by atoms with Crippen LogP contribution < -0.4 is 5.32 Å². The fraction of sp³-hybridized carbons (Fsp3) is 0.321. The zero-order chi connectivity index (χ0) is 23.8. The van der Waals surface area contributed by atoms with Crippen molar-refractivity contribution in [3.8, 4) is 0 Å². The number of carbonyl (C=O) groups excluding carboxylic acids is 1. The molecule has 3 aromatic carbocycles. The summed E-state index contributed by atoms with van der Waals surface area (Å²) in [7, 11) is -3.41. The number of likely N-dealkylation sites (tertiary alicyclic amines) is 1. The van der Waals surface area contributed by atoms with Crippen LogP contribution in [0.3, 0.4) is 0 Å². The highest BCUT2D eigenvalue weighted by Gasteiger charge is 2.15. The van der Waals surface area contributed by atoms with E-state index in [1.165, 1.54) is 44.3 Å². The topological polar surface area (TPSA) is 66.5 Å². The third-order valence-electron chi connectivity index (χ3n) is 6.26. The van der Waals surface area contributed by atoms with E-state index in [1.54, 1.807) is 54.6 Å². The van der Waals surface area contributed by atoms with E-state index in [2.05, 4.69) is 34.5 Å². The fourth-order valence-electron chi connectivity index (χ4n) is 4.28. The van der Waals surface area contributed by atoms with Crippen LogP contribution in [0.25, 0.3) is 0 Å². The highest BCUT2D eigenvalue weighted by Crippen LogP contribution is 2.17. The number of nitrogens with one attached hydrogen (secondary N) is 1. The molecule has 0 radical (unpaired) electrons. The lowest BCUT2D eigenvalue weighted by Gasteiger charge is -2.19. The molecular weight excluding hydrogens is 444 g/mol. The van der Waals surface area contributed by atoms with Crippen molar-refractivity contribution in [2.75, 3.05) is 13.1 Å². The van der Waals surface area contributed by atoms with Gasteiger partial charge < -0.3 is 5.32 Å². The summed E-state index contributed by atoms with van der Waals surface area (Å²) in [5.41, 5.74) is 3.52. The molecule has 5 nitrogen and oxygen atoms in total. The van der Waals surface area contributed by atoms with Gasteiger partial charge in [0.1, 0.15) is 0 Å². The number of nitrogens with zero attached hydrogens (tertiary/aromatic N) is 1. The normalized spacial score (nSPS) is 14.9. The summed E-state index contributed by atoms with van der Waals surface area (Å²) in [6.07, 6.45) is 5.25. The monoisotopic (exact) mass is 476 g/mol. The second kappa shape index (κ2) is 11.4. The third kappa shape index (κ3) is 6.78. The zero-order valence-corrected chi connectivity index (χ0v) is 20.3. The van der Waals surface area contributed by atoms with Gasteiger partial charge >= 0.3 is 0 Å². The summed E-state index contributed by atoms with van der Waals surface area (Å²) in [5, 5.41) is 2.95. The lowest BCUT2D eigenvalue weighted by atomic mass is 10.1. The summed E-state index contributed by atoms with van der Waals surface area (Å²) in [6, 6.07) is 23.6. The second-order valence-corrected chi connectivity index (χ2v) is 10.9. The van der Waals surface area contributed by atoms with E-state index in [1.807, 2.05) is 0 Å². The Balaban J connectivity index is 1.28. The first-order valence-electron chi connectivity index (χ1n) is 11.9. The maximum atomic E-state index is 12.6. The van der Waals surface area contributed by atoms with Gasteiger partial charge in [-0.1, -0.05) is 67.4 Å². The van der Waals surface area contributed by atoms with Crippen molar-refractivity contribution in [2.24, 2.45) is 0 Å². The highest BCUT2D eigenvalue weighted by molar-refractivity contribution is 7.90. The van der Waals surface area contributed by atoms with Gasteiger partial charge in [-0.25, -0.2) is 8.42 Å². The lowest BCUT2D eigenvalue weighted by molar-refractivity contribution is 0.0951. The van der Waals surface area contributed by atoms with E-state index >= 15 is 0 Å². The van der Waals surface area contributed by atoms with Crippen molar-refractivity contribution in [1.82, 2.24) is 10.2 Å². The first-order valence-corrected chi connectivity index (χ1v) is 13.6. The minimum absolute atomic E-state index is 0.0946. The molecule has 1 amide bonds. The fourth-order valence-corrected chi connectivity index (χ4v) is 5.65. The third-order valence-corrected chi connectivity index (χ3v) is 7.96. The molecule has 3 aromatic rings. The first kappa shape index (κ1) is 24.2. The largest absolute Gasteiger partial charge is 0.348 e. The predicted octanol–water partition coefficient (Wildman–Crippen LogP) is 4.97. The maximum Gasteiger partial charge on any atom is 0.251 e. The zero-order valence-electron chi connectivity index (χ0n) is 19.4. The Kier molecular flexibility index (Phi) is 8.14. The van der Waals surface area contributed by atoms with E-state index in [4.69, 9.17) is 0 Å². The van der Waals surface area contributed by atoms with Gasteiger partial charge in [-0.15, -0.1) is 0 Å². The van der Waals surface area contributed by atoms with Crippen LogP contribution in [0.1, 0.15) is 52.7 Å². The number of hydrogen-bond donors (Lipinski definition) is 1. The SMILES string of the molecule is O=C(NCc1ccc(CN2CCCCCC2)cc1)c1ccc(CS(=O)(=O)c2ccccc2)cc1. The van der Waals surface area contributed by atoms with E-state index in [9.17, 15) is 13.2 Å². The molecule has 1 saturated heterocycles. The Hall–Kier alpha value is -2.96. The molecule has 0 spiro atoms. The Morgan fingerprint density at radius 1 is 0.735 bits per heavy atom. The molecule has 0 unspecified atom stereocenters. The molecule has 1 aliphatic rings. The van der Waals surface area contributed by atoms with Crippen LogP contribution in [0.2, 0.25) is 0 Å². The van der Waals surface area contributed by atoms with Crippen molar-refractivity contribution in [3.05, 3.63) is 101 Å². The number of benzene rings is 3. The quantitative estimate of drug-likeness (QED) is 0.499. The Labute approximate surface area is 202 Å². The Bertz CT molecular complexity index is 1170. The van der Waals surface area contributed by atoms with Gasteiger partial charge in [0.2, 0.25) is 0 Å². The van der Waals surface area contributed by atoms with E-state index in [-0.39, 0.29) is 11.7 Å². The molecular formula is C28H32N2O3S. The molecule has 0 atom stereocenters. The van der Waals surface area contributed by atoms with Gasteiger partial charge in [0.25, 0.3) is 5.91 Å². The molecule has 1 heterocycles. The number of rotatable bonds is 8. The van der Waals surface area contributed by atoms with Gasteiger partial charge in [-0.05, 0) is 66.9 Å². The molecule has 1 fully saturated rings.